The lowest BCUT2D eigenvalue weighted by Crippen LogP contribution is -1.90. The number of fused-ring (bicyclic) bond motifs is 1. The Balaban J connectivity index is 1.48. The van der Waals surface area contributed by atoms with Crippen molar-refractivity contribution in [2.24, 2.45) is 0 Å². The first-order valence-electron chi connectivity index (χ1n) is 8.44. The first-order valence-corrected chi connectivity index (χ1v) is 11.1. The molecular weight excluding hydrogens is 412 g/mol. The van der Waals surface area contributed by atoms with Gasteiger partial charge in [0.1, 0.15) is 10.8 Å². The molecule has 28 heavy (non-hydrogen) atoms. The lowest BCUT2D eigenvalue weighted by molar-refractivity contribution is 0.355. The summed E-state index contributed by atoms with van der Waals surface area (Å²) in [6.07, 6.45) is 0. The van der Waals surface area contributed by atoms with E-state index in [-0.39, 0.29) is 0 Å². The lowest BCUT2D eigenvalue weighted by Gasteiger charge is -2.08. The van der Waals surface area contributed by atoms with Gasteiger partial charge in [-0.15, -0.1) is 22.7 Å². The monoisotopic (exact) mass is 430 g/mol. The molecule has 2 aromatic heterocycles. The van der Waals surface area contributed by atoms with Gasteiger partial charge >= 0.3 is 0 Å². The lowest BCUT2D eigenvalue weighted by atomic mass is 10.2. The van der Waals surface area contributed by atoms with Gasteiger partial charge in [-0.3, -0.25) is 0 Å². The van der Waals surface area contributed by atoms with Gasteiger partial charge in [0.15, 0.2) is 15.8 Å². The number of ether oxygens (including phenoxy) is 3. The van der Waals surface area contributed by atoms with E-state index in [1.165, 1.54) is 0 Å². The average Bonchev–Trinajstić information content (AvgIpc) is 3.37. The highest BCUT2D eigenvalue weighted by Crippen LogP contribution is 2.36. The third-order valence-electron chi connectivity index (χ3n) is 4.10. The number of hydrogen-bond donors (Lipinski definition) is 0. The minimum atomic E-state index is 0.705. The van der Waals surface area contributed by atoms with Crippen LogP contribution in [0.5, 0.6) is 17.2 Å². The molecular formula is C20H18N2O3S3. The quantitative estimate of drug-likeness (QED) is 0.349. The molecule has 144 valence electrons. The van der Waals surface area contributed by atoms with E-state index in [1.54, 1.807) is 55.8 Å². The Kier molecular flexibility index (Phi) is 5.70. The van der Waals surface area contributed by atoms with E-state index in [4.69, 9.17) is 19.2 Å². The van der Waals surface area contributed by atoms with Crippen LogP contribution in [0.3, 0.4) is 0 Å². The molecule has 0 aliphatic heterocycles. The molecule has 0 bridgehead atoms. The van der Waals surface area contributed by atoms with Gasteiger partial charge < -0.3 is 14.2 Å². The summed E-state index contributed by atoms with van der Waals surface area (Å²) in [6, 6.07) is 11.8. The maximum Gasteiger partial charge on any atom is 0.161 e. The van der Waals surface area contributed by atoms with Gasteiger partial charge in [-0.25, -0.2) is 9.97 Å². The van der Waals surface area contributed by atoms with Crippen LogP contribution in [0.2, 0.25) is 0 Å². The van der Waals surface area contributed by atoms with Gasteiger partial charge in [0.05, 0.1) is 37.2 Å². The first kappa shape index (κ1) is 19.0. The zero-order valence-corrected chi connectivity index (χ0v) is 18.0. The largest absolute Gasteiger partial charge is 0.497 e. The number of thiazole rings is 2. The number of aromatic nitrogens is 2. The minimum Gasteiger partial charge on any atom is -0.497 e. The highest BCUT2D eigenvalue weighted by Gasteiger charge is 2.11. The fourth-order valence-electron chi connectivity index (χ4n) is 2.69. The van der Waals surface area contributed by atoms with E-state index in [1.807, 2.05) is 36.4 Å². The molecule has 0 aliphatic rings. The Morgan fingerprint density at radius 1 is 0.929 bits per heavy atom. The summed E-state index contributed by atoms with van der Waals surface area (Å²) in [6.45, 7) is 0. The predicted molar refractivity (Wildman–Crippen MR) is 116 cm³/mol. The van der Waals surface area contributed by atoms with Crippen LogP contribution in [0.15, 0.2) is 46.1 Å². The topological polar surface area (TPSA) is 53.5 Å². The van der Waals surface area contributed by atoms with Crippen LogP contribution in [-0.2, 0) is 5.75 Å². The Labute approximate surface area is 175 Å². The third-order valence-corrected chi connectivity index (χ3v) is 7.25. The molecule has 0 fully saturated rings. The van der Waals surface area contributed by atoms with E-state index in [0.717, 1.165) is 42.3 Å². The van der Waals surface area contributed by atoms with Crippen molar-refractivity contribution in [3.05, 3.63) is 47.5 Å². The summed E-state index contributed by atoms with van der Waals surface area (Å²) in [5.41, 5.74) is 3.03. The molecule has 0 atom stereocenters. The number of benzene rings is 2. The predicted octanol–water partition coefficient (Wildman–Crippen LogP) is 5.74. The van der Waals surface area contributed by atoms with E-state index >= 15 is 0 Å². The summed E-state index contributed by atoms with van der Waals surface area (Å²) in [5, 5.41) is 3.06. The number of hydrogen-bond acceptors (Lipinski definition) is 8. The smallest absolute Gasteiger partial charge is 0.161 e. The van der Waals surface area contributed by atoms with Crippen molar-refractivity contribution in [2.45, 2.75) is 10.1 Å². The van der Waals surface area contributed by atoms with Gasteiger partial charge in [0.2, 0.25) is 0 Å². The fraction of sp³-hybridized carbons (Fsp3) is 0.200. The van der Waals surface area contributed by atoms with Crippen molar-refractivity contribution >= 4 is 44.7 Å². The summed E-state index contributed by atoms with van der Waals surface area (Å²) in [7, 11) is 4.94. The fourth-order valence-corrected chi connectivity index (χ4v) is 5.55. The van der Waals surface area contributed by atoms with Gasteiger partial charge in [-0.05, 0) is 30.3 Å². The Hall–Kier alpha value is -2.29. The molecule has 8 heteroatoms. The van der Waals surface area contributed by atoms with Crippen LogP contribution in [-0.4, -0.2) is 31.3 Å². The molecule has 0 saturated heterocycles. The molecule has 4 aromatic rings. The van der Waals surface area contributed by atoms with E-state index < -0.39 is 0 Å². The summed E-state index contributed by atoms with van der Waals surface area (Å²) in [5.74, 6) is 3.02. The van der Waals surface area contributed by atoms with Crippen molar-refractivity contribution in [3.8, 4) is 27.8 Å². The van der Waals surface area contributed by atoms with Gasteiger partial charge in [0.25, 0.3) is 0 Å². The summed E-state index contributed by atoms with van der Waals surface area (Å²) in [4.78, 5) is 9.46. The SMILES string of the molecule is COc1ccc2sc(SCc3csc(-c4ccc(OC)c(OC)c4)n3)nc2c1. The molecule has 0 saturated carbocycles. The van der Waals surface area contributed by atoms with Gasteiger partial charge in [0, 0.05) is 22.8 Å². The molecule has 0 N–H and O–H groups in total. The van der Waals surface area contributed by atoms with Crippen molar-refractivity contribution < 1.29 is 14.2 Å². The molecule has 4 rings (SSSR count). The molecule has 5 nitrogen and oxygen atoms in total. The van der Waals surface area contributed by atoms with Crippen LogP contribution < -0.4 is 14.2 Å². The van der Waals surface area contributed by atoms with Crippen LogP contribution in [0.25, 0.3) is 20.8 Å². The molecule has 0 unspecified atom stereocenters. The van der Waals surface area contributed by atoms with Gasteiger partial charge in [-0.2, -0.15) is 0 Å². The normalized spacial score (nSPS) is 11.0. The highest BCUT2D eigenvalue weighted by atomic mass is 32.2. The number of methoxy groups -OCH3 is 3. The molecule has 0 radical (unpaired) electrons. The van der Waals surface area contributed by atoms with Crippen LogP contribution in [0, 0.1) is 0 Å². The second kappa shape index (κ2) is 8.38. The molecule has 0 amide bonds. The molecule has 2 aromatic carbocycles. The maximum absolute atomic E-state index is 5.39. The van der Waals surface area contributed by atoms with Gasteiger partial charge in [-0.1, -0.05) is 11.8 Å². The standard InChI is InChI=1S/C20H18N2O3S3/c1-23-14-5-7-18-15(9-14)22-20(28-18)27-11-13-10-26-19(21-13)12-4-6-16(24-2)17(8-12)25-3/h4-10H,11H2,1-3H3. The van der Waals surface area contributed by atoms with Crippen LogP contribution in [0.4, 0.5) is 0 Å². The summed E-state index contributed by atoms with van der Waals surface area (Å²) < 4.78 is 18.1. The Morgan fingerprint density at radius 3 is 2.57 bits per heavy atom. The zero-order chi connectivity index (χ0) is 19.5. The Morgan fingerprint density at radius 2 is 1.79 bits per heavy atom. The average molecular weight is 431 g/mol. The maximum atomic E-state index is 5.39. The number of nitrogens with zero attached hydrogens (tertiary/aromatic N) is 2. The minimum absolute atomic E-state index is 0.705. The zero-order valence-electron chi connectivity index (χ0n) is 15.6. The third kappa shape index (κ3) is 3.94. The number of thioether (sulfide) groups is 1. The second-order valence-electron chi connectivity index (χ2n) is 5.82. The number of rotatable bonds is 7. The van der Waals surface area contributed by atoms with E-state index in [2.05, 4.69) is 10.4 Å². The van der Waals surface area contributed by atoms with Crippen molar-refractivity contribution in [2.75, 3.05) is 21.3 Å². The van der Waals surface area contributed by atoms with Crippen LogP contribution in [0.1, 0.15) is 5.69 Å². The second-order valence-corrected chi connectivity index (χ2v) is 8.93. The highest BCUT2D eigenvalue weighted by molar-refractivity contribution is 8.00. The Bertz CT molecular complexity index is 1110. The van der Waals surface area contributed by atoms with Crippen molar-refractivity contribution in [1.82, 2.24) is 9.97 Å². The summed E-state index contributed by atoms with van der Waals surface area (Å²) >= 11 is 5.02. The first-order chi connectivity index (χ1) is 13.7. The van der Waals surface area contributed by atoms with Crippen molar-refractivity contribution in [1.29, 1.82) is 0 Å². The molecule has 0 aliphatic carbocycles. The van der Waals surface area contributed by atoms with Crippen LogP contribution >= 0.6 is 34.4 Å². The van der Waals surface area contributed by atoms with E-state index in [0.29, 0.717) is 11.5 Å². The molecule has 2 heterocycles. The van der Waals surface area contributed by atoms with E-state index in [9.17, 15) is 0 Å². The molecule has 0 spiro atoms. The van der Waals surface area contributed by atoms with Crippen molar-refractivity contribution in [3.63, 3.8) is 0 Å².